The van der Waals surface area contributed by atoms with Crippen LogP contribution in [0, 0.1) is 35.5 Å². The van der Waals surface area contributed by atoms with Crippen molar-refractivity contribution in [2.45, 2.75) is 32.1 Å². The highest BCUT2D eigenvalue weighted by Gasteiger charge is 2.56. The van der Waals surface area contributed by atoms with E-state index in [1.165, 1.54) is 30.2 Å². The van der Waals surface area contributed by atoms with Gasteiger partial charge in [-0.1, -0.05) is 41.1 Å². The zero-order chi connectivity index (χ0) is 13.9. The molecule has 0 spiro atoms. The highest BCUT2D eigenvalue weighted by molar-refractivity contribution is 9.09. The third-order valence-electron chi connectivity index (χ3n) is 6.70. The van der Waals surface area contributed by atoms with Crippen LogP contribution in [0.3, 0.4) is 0 Å². The Morgan fingerprint density at radius 3 is 2.60 bits per heavy atom. The van der Waals surface area contributed by atoms with Crippen molar-refractivity contribution in [3.63, 3.8) is 0 Å². The first-order valence-corrected chi connectivity index (χ1v) is 9.16. The van der Waals surface area contributed by atoms with Crippen molar-refractivity contribution < 1.29 is 5.11 Å². The number of benzene rings is 1. The standard InChI is InChI=1S/C18H23BrO/c1-10-14-8-12-6-11(16(14)9-19)7-15(10)18(12)13-4-2-3-5-17(13)20/h2-5,10-12,14-16,18,20H,6-9H2,1H3. The van der Waals surface area contributed by atoms with Crippen LogP contribution in [0.1, 0.15) is 37.7 Å². The Hall–Kier alpha value is -0.500. The maximum atomic E-state index is 10.3. The number of halogens is 1. The summed E-state index contributed by atoms with van der Waals surface area (Å²) in [5.74, 6) is 6.30. The molecule has 4 bridgehead atoms. The van der Waals surface area contributed by atoms with Gasteiger partial charge in [0.05, 0.1) is 0 Å². The summed E-state index contributed by atoms with van der Waals surface area (Å²) in [5, 5.41) is 11.5. The molecule has 1 aromatic carbocycles. The van der Waals surface area contributed by atoms with Gasteiger partial charge in [0.15, 0.2) is 0 Å². The molecular formula is C18H23BrO. The summed E-state index contributed by atoms with van der Waals surface area (Å²) in [4.78, 5) is 0. The van der Waals surface area contributed by atoms with Crippen LogP contribution in [0.5, 0.6) is 5.75 Å². The quantitative estimate of drug-likeness (QED) is 0.770. The summed E-state index contributed by atoms with van der Waals surface area (Å²) in [6.07, 6.45) is 4.14. The Bertz CT molecular complexity index is 514. The van der Waals surface area contributed by atoms with E-state index in [1.54, 1.807) is 0 Å². The predicted octanol–water partition coefficient (Wildman–Crippen LogP) is 4.80. The van der Waals surface area contributed by atoms with Crippen molar-refractivity contribution in [3.8, 4) is 5.75 Å². The summed E-state index contributed by atoms with van der Waals surface area (Å²) < 4.78 is 0. The molecule has 1 nitrogen and oxygen atoms in total. The maximum absolute atomic E-state index is 10.3. The number of hydrogen-bond acceptors (Lipinski definition) is 1. The van der Waals surface area contributed by atoms with Crippen molar-refractivity contribution in [2.75, 3.05) is 5.33 Å². The molecule has 108 valence electrons. The van der Waals surface area contributed by atoms with Crippen LogP contribution in [0.2, 0.25) is 0 Å². The molecule has 2 heteroatoms. The molecule has 0 radical (unpaired) electrons. The zero-order valence-electron chi connectivity index (χ0n) is 12.0. The van der Waals surface area contributed by atoms with Gasteiger partial charge in [-0.2, -0.15) is 0 Å². The lowest BCUT2D eigenvalue weighted by Gasteiger charge is -2.61. The van der Waals surface area contributed by atoms with Crippen LogP contribution in [-0.4, -0.2) is 10.4 Å². The van der Waals surface area contributed by atoms with Crippen LogP contribution in [0.25, 0.3) is 0 Å². The van der Waals surface area contributed by atoms with Gasteiger partial charge < -0.3 is 5.11 Å². The lowest BCUT2D eigenvalue weighted by Crippen LogP contribution is -2.53. The van der Waals surface area contributed by atoms with Gasteiger partial charge >= 0.3 is 0 Å². The Balaban J connectivity index is 1.71. The molecule has 5 rings (SSSR count). The molecule has 7 atom stereocenters. The average Bonchev–Trinajstić information content (AvgIpc) is 2.45. The lowest BCUT2D eigenvalue weighted by molar-refractivity contribution is -0.0863. The second kappa shape index (κ2) is 4.76. The van der Waals surface area contributed by atoms with E-state index < -0.39 is 0 Å². The van der Waals surface area contributed by atoms with Crippen LogP contribution < -0.4 is 0 Å². The number of aromatic hydroxyl groups is 1. The topological polar surface area (TPSA) is 20.2 Å². The van der Waals surface area contributed by atoms with Crippen LogP contribution in [0.15, 0.2) is 24.3 Å². The van der Waals surface area contributed by atoms with E-state index in [-0.39, 0.29) is 0 Å². The van der Waals surface area contributed by atoms with Gasteiger partial charge in [-0.25, -0.2) is 0 Å². The number of para-hydroxylation sites is 1. The molecule has 4 saturated carbocycles. The monoisotopic (exact) mass is 334 g/mol. The van der Waals surface area contributed by atoms with E-state index in [4.69, 9.17) is 0 Å². The van der Waals surface area contributed by atoms with Gasteiger partial charge in [-0.15, -0.1) is 0 Å². The molecule has 4 aliphatic carbocycles. The second-order valence-electron chi connectivity index (χ2n) is 7.32. The third-order valence-corrected chi connectivity index (χ3v) is 7.45. The minimum atomic E-state index is 0.522. The SMILES string of the molecule is CC1C2CC3CC(CC1C3c1ccccc1O)C2CBr. The molecule has 0 saturated heterocycles. The third kappa shape index (κ3) is 1.73. The molecule has 4 aliphatic rings. The van der Waals surface area contributed by atoms with Crippen LogP contribution in [-0.2, 0) is 0 Å². The fourth-order valence-electron chi connectivity index (χ4n) is 5.90. The Labute approximate surface area is 129 Å². The molecule has 7 unspecified atom stereocenters. The molecule has 0 aliphatic heterocycles. The van der Waals surface area contributed by atoms with Crippen molar-refractivity contribution >= 4 is 15.9 Å². The van der Waals surface area contributed by atoms with Gasteiger partial charge in [-0.3, -0.25) is 0 Å². The number of phenols is 1. The van der Waals surface area contributed by atoms with E-state index in [1.807, 2.05) is 12.1 Å². The first-order valence-electron chi connectivity index (χ1n) is 8.04. The summed E-state index contributed by atoms with van der Waals surface area (Å²) >= 11 is 3.76. The summed E-state index contributed by atoms with van der Waals surface area (Å²) in [5.41, 5.74) is 1.23. The normalized spacial score (nSPS) is 45.8. The van der Waals surface area contributed by atoms with E-state index in [2.05, 4.69) is 35.0 Å². The van der Waals surface area contributed by atoms with E-state index in [0.717, 1.165) is 35.5 Å². The average molecular weight is 335 g/mol. The highest BCUT2D eigenvalue weighted by atomic mass is 79.9. The van der Waals surface area contributed by atoms with Crippen molar-refractivity contribution in [2.24, 2.45) is 35.5 Å². The fraction of sp³-hybridized carbons (Fsp3) is 0.667. The molecule has 20 heavy (non-hydrogen) atoms. The second-order valence-corrected chi connectivity index (χ2v) is 7.96. The van der Waals surface area contributed by atoms with Crippen LogP contribution in [0.4, 0.5) is 0 Å². The zero-order valence-corrected chi connectivity index (χ0v) is 13.6. The van der Waals surface area contributed by atoms with Gasteiger partial charge in [0, 0.05) is 5.33 Å². The Morgan fingerprint density at radius 1 is 1.10 bits per heavy atom. The van der Waals surface area contributed by atoms with Gasteiger partial charge in [0.1, 0.15) is 5.75 Å². The molecule has 4 fully saturated rings. The molecule has 0 aromatic heterocycles. The van der Waals surface area contributed by atoms with Crippen LogP contribution >= 0.6 is 15.9 Å². The van der Waals surface area contributed by atoms with Crippen molar-refractivity contribution in [1.29, 1.82) is 0 Å². The molecule has 0 amide bonds. The van der Waals surface area contributed by atoms with Gasteiger partial charge in [0.25, 0.3) is 0 Å². The Kier molecular flexibility index (Phi) is 3.14. The molecule has 1 N–H and O–H groups in total. The molecule has 0 heterocycles. The smallest absolute Gasteiger partial charge is 0.119 e. The molecular weight excluding hydrogens is 312 g/mol. The van der Waals surface area contributed by atoms with E-state index in [0.29, 0.717) is 11.7 Å². The fourth-order valence-corrected chi connectivity index (χ4v) is 6.91. The predicted molar refractivity (Wildman–Crippen MR) is 85.1 cm³/mol. The lowest BCUT2D eigenvalue weighted by atomic mass is 9.44. The van der Waals surface area contributed by atoms with E-state index in [9.17, 15) is 5.11 Å². The minimum Gasteiger partial charge on any atom is -0.508 e. The Morgan fingerprint density at radius 2 is 1.85 bits per heavy atom. The van der Waals surface area contributed by atoms with Gasteiger partial charge in [-0.05, 0) is 72.3 Å². The minimum absolute atomic E-state index is 0.522. The number of alkyl halides is 1. The van der Waals surface area contributed by atoms with Crippen molar-refractivity contribution in [3.05, 3.63) is 29.8 Å². The summed E-state index contributed by atoms with van der Waals surface area (Å²) in [6.45, 7) is 2.47. The number of phenolic OH excluding ortho intramolecular Hbond substituents is 1. The van der Waals surface area contributed by atoms with E-state index >= 15 is 0 Å². The van der Waals surface area contributed by atoms with Gasteiger partial charge in [0.2, 0.25) is 0 Å². The number of hydrogen-bond donors (Lipinski definition) is 1. The first kappa shape index (κ1) is 13.2. The van der Waals surface area contributed by atoms with Crippen molar-refractivity contribution in [1.82, 2.24) is 0 Å². The maximum Gasteiger partial charge on any atom is 0.119 e. The largest absolute Gasteiger partial charge is 0.508 e. The highest BCUT2D eigenvalue weighted by Crippen LogP contribution is 2.64. The number of rotatable bonds is 2. The molecule has 1 aromatic rings. The summed E-state index contributed by atoms with van der Waals surface area (Å²) in [6, 6.07) is 8.06. The summed E-state index contributed by atoms with van der Waals surface area (Å²) in [7, 11) is 0. The first-order chi connectivity index (χ1) is 9.70.